The van der Waals surface area contributed by atoms with E-state index in [2.05, 4.69) is 6.08 Å². The smallest absolute Gasteiger partial charge is 0.201 e. The van der Waals surface area contributed by atoms with Gasteiger partial charge in [0.2, 0.25) is 11.6 Å². The van der Waals surface area contributed by atoms with Crippen molar-refractivity contribution in [2.24, 2.45) is 17.8 Å². The van der Waals surface area contributed by atoms with Gasteiger partial charge in [-0.1, -0.05) is 12.1 Å². The van der Waals surface area contributed by atoms with Crippen LogP contribution >= 0.6 is 0 Å². The Balaban J connectivity index is 1.04. The van der Waals surface area contributed by atoms with E-state index in [1.54, 1.807) is 32.0 Å². The monoisotopic (exact) mass is 588 g/mol. The Hall–Kier alpha value is -2.54. The van der Waals surface area contributed by atoms with Crippen LogP contribution in [-0.4, -0.2) is 25.9 Å². The zero-order valence-corrected chi connectivity index (χ0v) is 24.9. The van der Waals surface area contributed by atoms with Crippen LogP contribution in [0.3, 0.4) is 0 Å². The first kappa shape index (κ1) is 30.9. The number of allylic oxidation sites excluding steroid dienone is 2. The van der Waals surface area contributed by atoms with Gasteiger partial charge in [0.25, 0.3) is 0 Å². The molecule has 1 atom stereocenters. The molecule has 3 aliphatic carbocycles. The van der Waals surface area contributed by atoms with Gasteiger partial charge in [0.1, 0.15) is 0 Å². The van der Waals surface area contributed by atoms with Crippen molar-refractivity contribution < 1.29 is 31.8 Å². The van der Waals surface area contributed by atoms with E-state index in [4.69, 9.17) is 14.2 Å². The van der Waals surface area contributed by atoms with Crippen molar-refractivity contribution in [3.8, 4) is 11.5 Å². The highest BCUT2D eigenvalue weighted by Gasteiger charge is 2.31. The lowest BCUT2D eigenvalue weighted by Crippen LogP contribution is -2.28. The van der Waals surface area contributed by atoms with Gasteiger partial charge in [0, 0.05) is 12.2 Å². The number of rotatable bonds is 10. The molecule has 0 spiro atoms. The lowest BCUT2D eigenvalue weighted by molar-refractivity contribution is -0.00689. The maximum atomic E-state index is 14.7. The fourth-order valence-corrected chi connectivity index (χ4v) is 7.34. The summed E-state index contributed by atoms with van der Waals surface area (Å²) in [5, 5.41) is 0. The highest BCUT2D eigenvalue weighted by molar-refractivity contribution is 5.67. The van der Waals surface area contributed by atoms with Crippen LogP contribution in [0.2, 0.25) is 0 Å². The topological polar surface area (TPSA) is 27.7 Å². The molecule has 0 aromatic heterocycles. The van der Waals surface area contributed by atoms with E-state index in [0.29, 0.717) is 42.1 Å². The molecule has 230 valence electrons. The molecule has 0 heterocycles. The fraction of sp³-hybridized carbons (Fsp3) is 0.600. The molecule has 0 saturated heterocycles. The van der Waals surface area contributed by atoms with Crippen LogP contribution in [-0.2, 0) is 4.74 Å². The third-order valence-electron chi connectivity index (χ3n) is 9.76. The Morgan fingerprint density at radius 2 is 1.31 bits per heavy atom. The maximum absolute atomic E-state index is 14.7. The Morgan fingerprint density at radius 3 is 1.93 bits per heavy atom. The van der Waals surface area contributed by atoms with E-state index < -0.39 is 23.3 Å². The summed E-state index contributed by atoms with van der Waals surface area (Å²) in [5.41, 5.74) is 1.72. The van der Waals surface area contributed by atoms with Gasteiger partial charge in [-0.3, -0.25) is 0 Å². The van der Waals surface area contributed by atoms with Gasteiger partial charge in [0.15, 0.2) is 23.1 Å². The van der Waals surface area contributed by atoms with Crippen LogP contribution in [0, 0.1) is 41.0 Å². The molecule has 0 N–H and O–H groups in total. The molecule has 42 heavy (non-hydrogen) atoms. The quantitative estimate of drug-likeness (QED) is 0.259. The first-order valence-electron chi connectivity index (χ1n) is 15.9. The summed E-state index contributed by atoms with van der Waals surface area (Å²) in [6.07, 6.45) is 13.0. The molecule has 0 amide bonds. The standard InChI is InChI=1S/C35H44F4O3/c1-3-40-30-19-17-28(32(36)34(30)38)25-11-9-24(10-12-25)23-7-5-22(6-8-23)21-42-27-15-13-26(14-16-27)29-18-20-31(41-4-2)35(39)33(29)37/h11,17-20,22-24,26-27H,3-10,12-16,21H2,1-2H3. The molecule has 7 heteroatoms. The summed E-state index contributed by atoms with van der Waals surface area (Å²) in [6.45, 7) is 4.87. The second-order valence-electron chi connectivity index (χ2n) is 12.2. The summed E-state index contributed by atoms with van der Waals surface area (Å²) in [6, 6.07) is 6.39. The van der Waals surface area contributed by atoms with Crippen molar-refractivity contribution >= 4 is 5.57 Å². The molecular formula is C35H44F4O3. The third-order valence-corrected chi connectivity index (χ3v) is 9.76. The van der Waals surface area contributed by atoms with Crippen molar-refractivity contribution in [2.45, 2.75) is 96.5 Å². The molecule has 3 nitrogen and oxygen atoms in total. The minimum atomic E-state index is -0.900. The first-order chi connectivity index (χ1) is 20.4. The van der Waals surface area contributed by atoms with Crippen LogP contribution in [0.15, 0.2) is 30.3 Å². The van der Waals surface area contributed by atoms with E-state index in [1.165, 1.54) is 18.9 Å². The molecule has 0 radical (unpaired) electrons. The Bertz CT molecular complexity index is 1230. The molecule has 5 rings (SSSR count). The molecule has 0 bridgehead atoms. The highest BCUT2D eigenvalue weighted by atomic mass is 19.2. The number of ether oxygens (including phenoxy) is 3. The predicted molar refractivity (Wildman–Crippen MR) is 157 cm³/mol. The molecule has 2 aromatic carbocycles. The van der Waals surface area contributed by atoms with Crippen LogP contribution in [0.5, 0.6) is 11.5 Å². The molecule has 3 aliphatic rings. The normalized spacial score (nSPS) is 26.5. The summed E-state index contributed by atoms with van der Waals surface area (Å²) in [7, 11) is 0. The van der Waals surface area contributed by atoms with Gasteiger partial charge >= 0.3 is 0 Å². The molecule has 0 aliphatic heterocycles. The maximum Gasteiger partial charge on any atom is 0.201 e. The van der Waals surface area contributed by atoms with Gasteiger partial charge < -0.3 is 14.2 Å². The van der Waals surface area contributed by atoms with E-state index in [1.807, 2.05) is 0 Å². The molecule has 2 aromatic rings. The fourth-order valence-electron chi connectivity index (χ4n) is 7.34. The van der Waals surface area contributed by atoms with Crippen LogP contribution in [0.1, 0.15) is 102 Å². The van der Waals surface area contributed by atoms with Gasteiger partial charge in [-0.2, -0.15) is 8.78 Å². The first-order valence-corrected chi connectivity index (χ1v) is 15.9. The van der Waals surface area contributed by atoms with Crippen molar-refractivity contribution in [2.75, 3.05) is 19.8 Å². The average Bonchev–Trinajstić information content (AvgIpc) is 3.02. The Morgan fingerprint density at radius 1 is 0.667 bits per heavy atom. The zero-order valence-electron chi connectivity index (χ0n) is 24.9. The molecule has 2 saturated carbocycles. The summed E-state index contributed by atoms with van der Waals surface area (Å²) in [5.74, 6) is -1.58. The molecule has 1 unspecified atom stereocenters. The minimum Gasteiger partial charge on any atom is -0.491 e. The van der Waals surface area contributed by atoms with Crippen LogP contribution in [0.25, 0.3) is 5.57 Å². The number of halogens is 4. The van der Waals surface area contributed by atoms with Crippen LogP contribution in [0.4, 0.5) is 17.6 Å². The van der Waals surface area contributed by atoms with Gasteiger partial charge in [0.05, 0.1) is 19.3 Å². The lowest BCUT2D eigenvalue weighted by Gasteiger charge is -2.36. The summed E-state index contributed by atoms with van der Waals surface area (Å²) in [4.78, 5) is 0. The van der Waals surface area contributed by atoms with Crippen molar-refractivity contribution in [1.82, 2.24) is 0 Å². The number of hydrogen-bond acceptors (Lipinski definition) is 3. The SMILES string of the molecule is CCOc1ccc(C2=CCC(C3CCC(COC4CCC(c5ccc(OCC)c(F)c5F)CC4)CC3)CC2)c(F)c1F. The van der Waals surface area contributed by atoms with Gasteiger partial charge in [-0.05, 0) is 137 Å². The summed E-state index contributed by atoms with van der Waals surface area (Å²) < 4.78 is 74.8. The van der Waals surface area contributed by atoms with Crippen LogP contribution < -0.4 is 9.47 Å². The Kier molecular flexibility index (Phi) is 10.5. The van der Waals surface area contributed by atoms with E-state index in [-0.39, 0.29) is 23.5 Å². The predicted octanol–water partition coefficient (Wildman–Crippen LogP) is 9.77. The number of benzene rings is 2. The van der Waals surface area contributed by atoms with Crippen molar-refractivity contribution in [3.05, 3.63) is 64.7 Å². The van der Waals surface area contributed by atoms with Crippen molar-refractivity contribution in [3.63, 3.8) is 0 Å². The minimum absolute atomic E-state index is 0.0143. The Labute approximate surface area is 247 Å². The van der Waals surface area contributed by atoms with Gasteiger partial charge in [-0.15, -0.1) is 0 Å². The average molecular weight is 589 g/mol. The second-order valence-corrected chi connectivity index (χ2v) is 12.2. The van der Waals surface area contributed by atoms with Crippen molar-refractivity contribution in [1.29, 1.82) is 0 Å². The third kappa shape index (κ3) is 6.98. The lowest BCUT2D eigenvalue weighted by atomic mass is 9.71. The highest BCUT2D eigenvalue weighted by Crippen LogP contribution is 2.43. The largest absolute Gasteiger partial charge is 0.491 e. The summed E-state index contributed by atoms with van der Waals surface area (Å²) >= 11 is 0. The van der Waals surface area contributed by atoms with E-state index in [9.17, 15) is 17.6 Å². The molecular weight excluding hydrogens is 544 g/mol. The van der Waals surface area contributed by atoms with Gasteiger partial charge in [-0.25, -0.2) is 8.78 Å². The van der Waals surface area contributed by atoms with E-state index >= 15 is 0 Å². The number of hydrogen-bond donors (Lipinski definition) is 0. The second kappa shape index (κ2) is 14.3. The zero-order chi connectivity index (χ0) is 29.6. The molecule has 2 fully saturated rings. The van der Waals surface area contributed by atoms with E-state index in [0.717, 1.165) is 70.0 Å².